The fourth-order valence-corrected chi connectivity index (χ4v) is 1.16. The third-order valence-electron chi connectivity index (χ3n) is 1.41. The van der Waals surface area contributed by atoms with Gasteiger partial charge in [-0.3, -0.25) is 10.2 Å². The summed E-state index contributed by atoms with van der Waals surface area (Å²) in [6, 6.07) is 7.25. The summed E-state index contributed by atoms with van der Waals surface area (Å²) in [6.07, 6.45) is 0. The monoisotopic (exact) mass is 212 g/mol. The zero-order valence-corrected chi connectivity index (χ0v) is 9.11. The summed E-state index contributed by atoms with van der Waals surface area (Å²) in [7, 11) is 4.07. The van der Waals surface area contributed by atoms with Crippen LogP contribution in [0.5, 0.6) is 0 Å². The van der Waals surface area contributed by atoms with Gasteiger partial charge in [0.25, 0.3) is 0 Å². The molecule has 1 atom stereocenters. The molecule has 0 fully saturated rings. The normalized spacial score (nSPS) is 11.1. The van der Waals surface area contributed by atoms with Crippen molar-refractivity contribution in [3.05, 3.63) is 24.3 Å². The Labute approximate surface area is 84.8 Å². The molecule has 0 aliphatic heterocycles. The van der Waals surface area contributed by atoms with Gasteiger partial charge in [0.15, 0.2) is 0 Å². The van der Waals surface area contributed by atoms with E-state index in [2.05, 4.69) is 10.6 Å². The minimum Gasteiger partial charge on any atom is -0.267 e. The van der Waals surface area contributed by atoms with Gasteiger partial charge in [-0.05, 0) is 26.2 Å². The van der Waals surface area contributed by atoms with Gasteiger partial charge in [0, 0.05) is 0 Å². The van der Waals surface area contributed by atoms with Crippen molar-refractivity contribution in [2.24, 2.45) is 5.11 Å². The van der Waals surface area contributed by atoms with Crippen LogP contribution in [0.3, 0.4) is 0 Å². The maximum atomic E-state index is 6.93. The molecule has 6 heteroatoms. The second-order valence-electron chi connectivity index (χ2n) is 2.82. The molecule has 1 aromatic rings. The van der Waals surface area contributed by atoms with Gasteiger partial charge in [0.2, 0.25) is 0 Å². The highest BCUT2D eigenvalue weighted by molar-refractivity contribution is 7.29. The van der Waals surface area contributed by atoms with Crippen molar-refractivity contribution < 1.29 is 4.62 Å². The van der Waals surface area contributed by atoms with Gasteiger partial charge in [-0.2, -0.15) is 5.11 Å². The summed E-state index contributed by atoms with van der Waals surface area (Å²) in [5.74, 6) is 0. The maximum absolute atomic E-state index is 6.93. The van der Waals surface area contributed by atoms with Gasteiger partial charge in [-0.1, -0.05) is 12.1 Å². The lowest BCUT2D eigenvalue weighted by molar-refractivity contribution is 0.428. The third-order valence-corrected chi connectivity index (χ3v) is 1.97. The lowest BCUT2D eigenvalue weighted by Crippen LogP contribution is -2.02. The van der Waals surface area contributed by atoms with Crippen molar-refractivity contribution in [1.29, 1.82) is 5.53 Å². The second kappa shape index (κ2) is 5.65. The number of hydrogen-bond acceptors (Lipinski definition) is 5. The van der Waals surface area contributed by atoms with Crippen molar-refractivity contribution >= 4 is 20.3 Å². The van der Waals surface area contributed by atoms with E-state index in [1.165, 1.54) is 0 Å². The Balaban J connectivity index is 2.53. The SMILES string of the molecule is CN(C)PONc1ccccc1N=N. The summed E-state index contributed by atoms with van der Waals surface area (Å²) in [6.45, 7) is 0. The summed E-state index contributed by atoms with van der Waals surface area (Å²) < 4.78 is 7.09. The molecule has 0 aliphatic carbocycles. The lowest BCUT2D eigenvalue weighted by atomic mass is 10.3. The number of nitrogens with one attached hydrogen (secondary N) is 2. The zero-order chi connectivity index (χ0) is 10.4. The summed E-state index contributed by atoms with van der Waals surface area (Å²) in [5.41, 5.74) is 10.9. The Bertz CT molecular complexity index is 305. The molecular formula is C8H13N4OP. The number of rotatable bonds is 5. The molecule has 0 bridgehead atoms. The highest BCUT2D eigenvalue weighted by atomic mass is 31.1. The van der Waals surface area contributed by atoms with Crippen molar-refractivity contribution in [3.63, 3.8) is 0 Å². The van der Waals surface area contributed by atoms with E-state index in [1.54, 1.807) is 6.07 Å². The van der Waals surface area contributed by atoms with Gasteiger partial charge >= 0.3 is 0 Å². The Morgan fingerprint density at radius 1 is 1.43 bits per heavy atom. The Morgan fingerprint density at radius 2 is 2.14 bits per heavy atom. The molecule has 0 saturated carbocycles. The summed E-state index contributed by atoms with van der Waals surface area (Å²) >= 11 is 0. The summed E-state index contributed by atoms with van der Waals surface area (Å²) in [4.78, 5) is 0. The molecule has 0 spiro atoms. The molecule has 0 aromatic heterocycles. The molecule has 1 unspecified atom stereocenters. The topological polar surface area (TPSA) is 60.7 Å². The first kappa shape index (κ1) is 11.0. The summed E-state index contributed by atoms with van der Waals surface area (Å²) in [5, 5.41) is 3.37. The van der Waals surface area contributed by atoms with Crippen molar-refractivity contribution in [1.82, 2.24) is 4.67 Å². The van der Waals surface area contributed by atoms with Crippen LogP contribution in [-0.2, 0) is 4.62 Å². The molecule has 5 nitrogen and oxygen atoms in total. The van der Waals surface area contributed by atoms with E-state index >= 15 is 0 Å². The van der Waals surface area contributed by atoms with Crippen molar-refractivity contribution in [2.45, 2.75) is 0 Å². The van der Waals surface area contributed by atoms with E-state index in [4.69, 9.17) is 10.2 Å². The van der Waals surface area contributed by atoms with Crippen LogP contribution in [0.1, 0.15) is 0 Å². The first-order valence-electron chi connectivity index (χ1n) is 4.05. The Kier molecular flexibility index (Phi) is 4.46. The number of anilines is 1. The molecule has 0 aliphatic rings. The van der Waals surface area contributed by atoms with E-state index < -0.39 is 0 Å². The van der Waals surface area contributed by atoms with Crippen LogP contribution < -0.4 is 5.48 Å². The minimum atomic E-state index is 0.231. The highest BCUT2D eigenvalue weighted by Crippen LogP contribution is 2.26. The van der Waals surface area contributed by atoms with Gasteiger partial charge in [0.05, 0.1) is 5.69 Å². The third kappa shape index (κ3) is 3.38. The Morgan fingerprint density at radius 3 is 2.79 bits per heavy atom. The van der Waals surface area contributed by atoms with E-state index in [1.807, 2.05) is 37.0 Å². The van der Waals surface area contributed by atoms with E-state index in [0.717, 1.165) is 0 Å². The highest BCUT2D eigenvalue weighted by Gasteiger charge is 1.99. The maximum Gasteiger partial charge on any atom is 0.122 e. The fraction of sp³-hybridized carbons (Fsp3) is 0.250. The van der Waals surface area contributed by atoms with Gasteiger partial charge in [-0.15, -0.1) is 0 Å². The number of hydrogen-bond donors (Lipinski definition) is 2. The molecule has 1 aromatic carbocycles. The largest absolute Gasteiger partial charge is 0.267 e. The minimum absolute atomic E-state index is 0.231. The van der Waals surface area contributed by atoms with Gasteiger partial charge < -0.3 is 0 Å². The van der Waals surface area contributed by atoms with E-state index in [0.29, 0.717) is 11.4 Å². The van der Waals surface area contributed by atoms with E-state index in [9.17, 15) is 0 Å². The molecule has 0 heterocycles. The zero-order valence-electron chi connectivity index (χ0n) is 8.11. The second-order valence-corrected chi connectivity index (χ2v) is 4.10. The number of nitrogens with zero attached hydrogens (tertiary/aromatic N) is 2. The molecule has 0 saturated heterocycles. The molecule has 0 amide bonds. The fourth-order valence-electron chi connectivity index (χ4n) is 0.827. The average Bonchev–Trinajstić information content (AvgIpc) is 2.18. The van der Waals surface area contributed by atoms with Crippen LogP contribution in [0.2, 0.25) is 0 Å². The quantitative estimate of drug-likeness (QED) is 0.448. The first-order valence-corrected chi connectivity index (χ1v) is 4.91. The van der Waals surface area contributed by atoms with Crippen molar-refractivity contribution in [3.8, 4) is 0 Å². The predicted octanol–water partition coefficient (Wildman–Crippen LogP) is 2.76. The van der Waals surface area contributed by atoms with Crippen molar-refractivity contribution in [2.75, 3.05) is 19.6 Å². The van der Waals surface area contributed by atoms with Crippen LogP contribution >= 0.6 is 8.96 Å². The first-order chi connectivity index (χ1) is 6.74. The van der Waals surface area contributed by atoms with E-state index in [-0.39, 0.29) is 8.96 Å². The van der Waals surface area contributed by atoms with Crippen LogP contribution in [0.4, 0.5) is 11.4 Å². The average molecular weight is 212 g/mol. The number of benzene rings is 1. The predicted molar refractivity (Wildman–Crippen MR) is 58.0 cm³/mol. The number of para-hydroxylation sites is 2. The smallest absolute Gasteiger partial charge is 0.122 e. The van der Waals surface area contributed by atoms with Crippen LogP contribution in [0.25, 0.3) is 0 Å². The lowest BCUT2D eigenvalue weighted by Gasteiger charge is -2.11. The van der Waals surface area contributed by atoms with Gasteiger partial charge in [0.1, 0.15) is 14.6 Å². The van der Waals surface area contributed by atoms with Gasteiger partial charge in [-0.25, -0.2) is 10.2 Å². The molecule has 76 valence electrons. The van der Waals surface area contributed by atoms with Crippen LogP contribution in [0, 0.1) is 5.53 Å². The van der Waals surface area contributed by atoms with Crippen LogP contribution in [-0.4, -0.2) is 18.8 Å². The van der Waals surface area contributed by atoms with Crippen LogP contribution in [0.15, 0.2) is 29.4 Å². The molecular weight excluding hydrogens is 199 g/mol. The molecule has 2 N–H and O–H groups in total. The molecule has 0 radical (unpaired) electrons. The Hall–Kier alpha value is -1.03. The standard InChI is InChI=1S/C8H13N4OP/c1-12(2)14-13-11-8-6-4-3-5-7(8)10-9/h3-6,9,11,14H,1-2H3. The molecule has 1 rings (SSSR count). The molecule has 14 heavy (non-hydrogen) atoms.